The van der Waals surface area contributed by atoms with Crippen LogP contribution in [0.1, 0.15) is 52.4 Å². The SMILES string of the molecule is CC(C)CNC(=O)CCNC1CCCCC1. The van der Waals surface area contributed by atoms with Crippen molar-refractivity contribution >= 4 is 5.91 Å². The van der Waals surface area contributed by atoms with Crippen LogP contribution in [0.4, 0.5) is 0 Å². The smallest absolute Gasteiger partial charge is 0.221 e. The summed E-state index contributed by atoms with van der Waals surface area (Å²) >= 11 is 0. The predicted molar refractivity (Wildman–Crippen MR) is 67.3 cm³/mol. The number of rotatable bonds is 6. The fraction of sp³-hybridized carbons (Fsp3) is 0.923. The first kappa shape index (κ1) is 13.5. The summed E-state index contributed by atoms with van der Waals surface area (Å²) in [4.78, 5) is 11.4. The molecule has 1 saturated carbocycles. The Hall–Kier alpha value is -0.570. The zero-order valence-electron chi connectivity index (χ0n) is 10.7. The van der Waals surface area contributed by atoms with Gasteiger partial charge in [0.05, 0.1) is 0 Å². The van der Waals surface area contributed by atoms with Crippen molar-refractivity contribution in [3.8, 4) is 0 Å². The van der Waals surface area contributed by atoms with Crippen LogP contribution in [0.2, 0.25) is 0 Å². The van der Waals surface area contributed by atoms with E-state index in [4.69, 9.17) is 0 Å². The molecule has 0 unspecified atom stereocenters. The van der Waals surface area contributed by atoms with Gasteiger partial charge in [0.25, 0.3) is 0 Å². The number of amides is 1. The van der Waals surface area contributed by atoms with Gasteiger partial charge >= 0.3 is 0 Å². The van der Waals surface area contributed by atoms with E-state index < -0.39 is 0 Å². The van der Waals surface area contributed by atoms with Crippen molar-refractivity contribution in [3.63, 3.8) is 0 Å². The first-order valence-corrected chi connectivity index (χ1v) is 6.68. The van der Waals surface area contributed by atoms with Crippen LogP contribution in [0.25, 0.3) is 0 Å². The van der Waals surface area contributed by atoms with Crippen LogP contribution in [0.3, 0.4) is 0 Å². The van der Waals surface area contributed by atoms with Crippen molar-refractivity contribution in [1.29, 1.82) is 0 Å². The van der Waals surface area contributed by atoms with Crippen molar-refractivity contribution in [2.75, 3.05) is 13.1 Å². The van der Waals surface area contributed by atoms with E-state index in [2.05, 4.69) is 24.5 Å². The van der Waals surface area contributed by atoms with Crippen LogP contribution in [0.5, 0.6) is 0 Å². The van der Waals surface area contributed by atoms with E-state index in [-0.39, 0.29) is 5.91 Å². The van der Waals surface area contributed by atoms with Gasteiger partial charge in [0.1, 0.15) is 0 Å². The van der Waals surface area contributed by atoms with Gasteiger partial charge in [-0.05, 0) is 18.8 Å². The third-order valence-corrected chi connectivity index (χ3v) is 3.10. The average Bonchev–Trinajstić information content (AvgIpc) is 2.28. The summed E-state index contributed by atoms with van der Waals surface area (Å²) in [7, 11) is 0. The third kappa shape index (κ3) is 6.11. The Bertz CT molecular complexity index is 198. The van der Waals surface area contributed by atoms with Crippen LogP contribution in [0.15, 0.2) is 0 Å². The molecule has 0 aromatic heterocycles. The summed E-state index contributed by atoms with van der Waals surface area (Å²) in [6.07, 6.45) is 7.26. The molecule has 94 valence electrons. The summed E-state index contributed by atoms with van der Waals surface area (Å²) in [5.41, 5.74) is 0. The highest BCUT2D eigenvalue weighted by atomic mass is 16.1. The molecule has 0 radical (unpaired) electrons. The largest absolute Gasteiger partial charge is 0.356 e. The molecule has 3 nitrogen and oxygen atoms in total. The van der Waals surface area contributed by atoms with Gasteiger partial charge in [-0.25, -0.2) is 0 Å². The van der Waals surface area contributed by atoms with E-state index in [1.165, 1.54) is 32.1 Å². The van der Waals surface area contributed by atoms with Crippen molar-refractivity contribution < 1.29 is 4.79 Å². The molecule has 0 aromatic carbocycles. The van der Waals surface area contributed by atoms with Gasteiger partial charge in [-0.2, -0.15) is 0 Å². The Morgan fingerprint density at radius 1 is 1.25 bits per heavy atom. The van der Waals surface area contributed by atoms with Gasteiger partial charge in [0, 0.05) is 25.6 Å². The minimum atomic E-state index is 0.178. The van der Waals surface area contributed by atoms with E-state index in [9.17, 15) is 4.79 Å². The molecular formula is C13H26N2O. The van der Waals surface area contributed by atoms with E-state index >= 15 is 0 Å². The van der Waals surface area contributed by atoms with Gasteiger partial charge in [-0.1, -0.05) is 33.1 Å². The molecule has 1 aliphatic rings. The van der Waals surface area contributed by atoms with Crippen molar-refractivity contribution in [3.05, 3.63) is 0 Å². The lowest BCUT2D eigenvalue weighted by Gasteiger charge is -2.22. The molecule has 0 atom stereocenters. The monoisotopic (exact) mass is 226 g/mol. The maximum Gasteiger partial charge on any atom is 0.221 e. The van der Waals surface area contributed by atoms with Crippen LogP contribution in [-0.4, -0.2) is 25.0 Å². The molecule has 1 fully saturated rings. The first-order chi connectivity index (χ1) is 7.68. The van der Waals surface area contributed by atoms with Gasteiger partial charge in [-0.3, -0.25) is 4.79 Å². The molecule has 0 bridgehead atoms. The van der Waals surface area contributed by atoms with E-state index in [1.807, 2.05) is 0 Å². The molecule has 1 rings (SSSR count). The second-order valence-electron chi connectivity index (χ2n) is 5.24. The second kappa shape index (κ2) is 7.66. The predicted octanol–water partition coefficient (Wildman–Crippen LogP) is 2.07. The lowest BCUT2D eigenvalue weighted by atomic mass is 9.95. The summed E-state index contributed by atoms with van der Waals surface area (Å²) in [6.45, 7) is 5.85. The summed E-state index contributed by atoms with van der Waals surface area (Å²) < 4.78 is 0. The Kier molecular flexibility index (Phi) is 6.46. The Balaban J connectivity index is 1.99. The maximum atomic E-state index is 11.4. The molecule has 0 heterocycles. The molecule has 1 amide bonds. The van der Waals surface area contributed by atoms with E-state index in [1.54, 1.807) is 0 Å². The number of hydrogen-bond acceptors (Lipinski definition) is 2. The first-order valence-electron chi connectivity index (χ1n) is 6.68. The lowest BCUT2D eigenvalue weighted by molar-refractivity contribution is -0.121. The standard InChI is InChI=1S/C13H26N2O/c1-11(2)10-15-13(16)8-9-14-12-6-4-3-5-7-12/h11-12,14H,3-10H2,1-2H3,(H,15,16). The van der Waals surface area contributed by atoms with Gasteiger partial charge in [-0.15, -0.1) is 0 Å². The topological polar surface area (TPSA) is 41.1 Å². The van der Waals surface area contributed by atoms with Crippen molar-refractivity contribution in [2.24, 2.45) is 5.92 Å². The van der Waals surface area contributed by atoms with Gasteiger partial charge < -0.3 is 10.6 Å². The molecule has 0 saturated heterocycles. The number of hydrogen-bond donors (Lipinski definition) is 2. The minimum Gasteiger partial charge on any atom is -0.356 e. The molecule has 16 heavy (non-hydrogen) atoms. The van der Waals surface area contributed by atoms with Crippen LogP contribution >= 0.6 is 0 Å². The van der Waals surface area contributed by atoms with Crippen molar-refractivity contribution in [1.82, 2.24) is 10.6 Å². The molecule has 3 heteroatoms. The summed E-state index contributed by atoms with van der Waals surface area (Å²) in [6, 6.07) is 0.659. The average molecular weight is 226 g/mol. The second-order valence-corrected chi connectivity index (χ2v) is 5.24. The zero-order chi connectivity index (χ0) is 11.8. The van der Waals surface area contributed by atoms with Crippen molar-refractivity contribution in [2.45, 2.75) is 58.4 Å². The number of carbonyl (C=O) groups excluding carboxylic acids is 1. The Morgan fingerprint density at radius 3 is 2.56 bits per heavy atom. The molecule has 1 aliphatic carbocycles. The molecule has 2 N–H and O–H groups in total. The zero-order valence-corrected chi connectivity index (χ0v) is 10.7. The number of carbonyl (C=O) groups is 1. The normalized spacial score (nSPS) is 17.7. The van der Waals surface area contributed by atoms with Crippen LogP contribution in [-0.2, 0) is 4.79 Å². The van der Waals surface area contributed by atoms with Crippen LogP contribution < -0.4 is 10.6 Å². The maximum absolute atomic E-state index is 11.4. The molecular weight excluding hydrogens is 200 g/mol. The van der Waals surface area contributed by atoms with Gasteiger partial charge in [0.2, 0.25) is 5.91 Å². The number of nitrogens with one attached hydrogen (secondary N) is 2. The summed E-state index contributed by atoms with van der Waals surface area (Å²) in [5, 5.41) is 6.42. The molecule has 0 spiro atoms. The summed E-state index contributed by atoms with van der Waals surface area (Å²) in [5.74, 6) is 0.715. The fourth-order valence-electron chi connectivity index (χ4n) is 2.10. The highest BCUT2D eigenvalue weighted by Crippen LogP contribution is 2.17. The quantitative estimate of drug-likeness (QED) is 0.728. The minimum absolute atomic E-state index is 0.178. The van der Waals surface area contributed by atoms with E-state index in [0.717, 1.165) is 13.1 Å². The van der Waals surface area contributed by atoms with Gasteiger partial charge in [0.15, 0.2) is 0 Å². The van der Waals surface area contributed by atoms with E-state index in [0.29, 0.717) is 18.4 Å². The Labute approximate surface area is 99.4 Å². The fourth-order valence-corrected chi connectivity index (χ4v) is 2.10. The highest BCUT2D eigenvalue weighted by Gasteiger charge is 2.12. The Morgan fingerprint density at radius 2 is 1.94 bits per heavy atom. The highest BCUT2D eigenvalue weighted by molar-refractivity contribution is 5.76. The molecule has 0 aromatic rings. The third-order valence-electron chi connectivity index (χ3n) is 3.10. The molecule has 0 aliphatic heterocycles. The van der Waals surface area contributed by atoms with Crippen LogP contribution in [0, 0.1) is 5.92 Å². The lowest BCUT2D eigenvalue weighted by Crippen LogP contribution is -2.35.